The minimum atomic E-state index is -1.47. The highest BCUT2D eigenvalue weighted by Gasteiger charge is 2.13. The Labute approximate surface area is 126 Å². The van der Waals surface area contributed by atoms with Gasteiger partial charge in [0.05, 0.1) is 5.69 Å². The molecule has 0 spiro atoms. The first-order valence-electron chi connectivity index (χ1n) is 6.73. The van der Waals surface area contributed by atoms with Crippen LogP contribution in [0.5, 0.6) is 0 Å². The Morgan fingerprint density at radius 3 is 2.09 bits per heavy atom. The van der Waals surface area contributed by atoms with Crippen molar-refractivity contribution in [2.45, 2.75) is 6.92 Å². The van der Waals surface area contributed by atoms with Crippen LogP contribution in [0, 0.1) is 24.4 Å². The predicted octanol–water partition coefficient (Wildman–Crippen LogP) is 5.14. The van der Waals surface area contributed by atoms with E-state index in [0.717, 1.165) is 28.8 Å². The van der Waals surface area contributed by atoms with Crippen LogP contribution in [0.2, 0.25) is 0 Å². The van der Waals surface area contributed by atoms with Gasteiger partial charge in [0.25, 0.3) is 0 Å². The second-order valence-electron chi connectivity index (χ2n) is 5.00. The van der Waals surface area contributed by atoms with Crippen molar-refractivity contribution >= 4 is 0 Å². The van der Waals surface area contributed by atoms with Gasteiger partial charge in [0.1, 0.15) is 0 Å². The number of pyridine rings is 1. The van der Waals surface area contributed by atoms with E-state index in [1.807, 2.05) is 37.3 Å². The Morgan fingerprint density at radius 1 is 0.818 bits per heavy atom. The molecule has 0 radical (unpaired) electrons. The molecule has 0 aliphatic carbocycles. The molecule has 110 valence electrons. The minimum Gasteiger partial charge on any atom is -0.256 e. The zero-order chi connectivity index (χ0) is 15.7. The van der Waals surface area contributed by atoms with Crippen LogP contribution in [-0.4, -0.2) is 4.98 Å². The van der Waals surface area contributed by atoms with Crippen molar-refractivity contribution < 1.29 is 13.2 Å². The summed E-state index contributed by atoms with van der Waals surface area (Å²) in [7, 11) is 0. The zero-order valence-corrected chi connectivity index (χ0v) is 11.8. The number of rotatable bonds is 2. The summed E-state index contributed by atoms with van der Waals surface area (Å²) >= 11 is 0. The first kappa shape index (κ1) is 14.3. The van der Waals surface area contributed by atoms with Crippen LogP contribution in [0.3, 0.4) is 0 Å². The molecule has 22 heavy (non-hydrogen) atoms. The van der Waals surface area contributed by atoms with Gasteiger partial charge in [0.15, 0.2) is 17.5 Å². The maximum Gasteiger partial charge on any atom is 0.194 e. The van der Waals surface area contributed by atoms with E-state index in [-0.39, 0.29) is 5.56 Å². The molecule has 0 saturated carbocycles. The Kier molecular flexibility index (Phi) is 3.67. The smallest absolute Gasteiger partial charge is 0.194 e. The van der Waals surface area contributed by atoms with Crippen molar-refractivity contribution in [2.24, 2.45) is 0 Å². The van der Waals surface area contributed by atoms with Gasteiger partial charge in [-0.05, 0) is 41.8 Å². The summed E-state index contributed by atoms with van der Waals surface area (Å²) in [6.45, 7) is 1.91. The minimum absolute atomic E-state index is 0.202. The Balaban J connectivity index is 2.14. The molecule has 0 saturated heterocycles. The summed E-state index contributed by atoms with van der Waals surface area (Å²) in [6.07, 6.45) is 1.64. The third-order valence-corrected chi connectivity index (χ3v) is 3.47. The average molecular weight is 299 g/mol. The molecule has 1 heterocycles. The van der Waals surface area contributed by atoms with Gasteiger partial charge in [-0.1, -0.05) is 30.3 Å². The largest absolute Gasteiger partial charge is 0.256 e. The highest BCUT2D eigenvalue weighted by molar-refractivity contribution is 5.72. The van der Waals surface area contributed by atoms with E-state index in [4.69, 9.17) is 0 Å². The molecule has 1 aromatic heterocycles. The molecule has 0 N–H and O–H groups in total. The lowest BCUT2D eigenvalue weighted by atomic mass is 9.99. The number of halogens is 3. The molecular formula is C18H12F3N. The van der Waals surface area contributed by atoms with Gasteiger partial charge >= 0.3 is 0 Å². The maximum atomic E-state index is 13.4. The highest BCUT2D eigenvalue weighted by Crippen LogP contribution is 2.28. The fourth-order valence-electron chi connectivity index (χ4n) is 2.31. The Morgan fingerprint density at radius 2 is 1.45 bits per heavy atom. The second-order valence-corrected chi connectivity index (χ2v) is 5.00. The summed E-state index contributed by atoms with van der Waals surface area (Å²) in [5, 5.41) is 0. The summed E-state index contributed by atoms with van der Waals surface area (Å²) in [4.78, 5) is 4.19. The third-order valence-electron chi connectivity index (χ3n) is 3.47. The molecule has 0 aliphatic rings. The van der Waals surface area contributed by atoms with Crippen molar-refractivity contribution in [1.29, 1.82) is 0 Å². The summed E-state index contributed by atoms with van der Waals surface area (Å²) in [5.41, 5.74) is 3.43. The van der Waals surface area contributed by atoms with Crippen LogP contribution in [0.15, 0.2) is 54.7 Å². The Bertz CT molecular complexity index is 806. The summed E-state index contributed by atoms with van der Waals surface area (Å²) < 4.78 is 39.8. The number of nitrogens with zero attached hydrogens (tertiary/aromatic N) is 1. The van der Waals surface area contributed by atoms with Crippen molar-refractivity contribution in [3.8, 4) is 22.4 Å². The van der Waals surface area contributed by atoms with E-state index in [1.165, 1.54) is 0 Å². The fourth-order valence-corrected chi connectivity index (χ4v) is 2.31. The standard InChI is InChI=1S/C18H12F3N/c1-11-10-22-17(9-14(11)12-5-3-2-4-6-12)13-7-15(19)18(21)16(20)8-13/h2-10H,1H3. The molecule has 3 rings (SSSR count). The molecule has 0 unspecified atom stereocenters. The molecule has 3 aromatic rings. The molecule has 0 atom stereocenters. The van der Waals surface area contributed by atoms with Gasteiger partial charge in [-0.15, -0.1) is 0 Å². The highest BCUT2D eigenvalue weighted by atomic mass is 19.2. The summed E-state index contributed by atoms with van der Waals surface area (Å²) in [6, 6.07) is 13.3. The van der Waals surface area contributed by atoms with Crippen molar-refractivity contribution in [2.75, 3.05) is 0 Å². The number of hydrogen-bond donors (Lipinski definition) is 0. The lowest BCUT2D eigenvalue weighted by molar-refractivity contribution is 0.447. The van der Waals surface area contributed by atoms with E-state index < -0.39 is 17.5 Å². The third kappa shape index (κ3) is 2.60. The van der Waals surface area contributed by atoms with Gasteiger partial charge < -0.3 is 0 Å². The first-order chi connectivity index (χ1) is 10.6. The van der Waals surface area contributed by atoms with E-state index in [0.29, 0.717) is 5.69 Å². The monoisotopic (exact) mass is 299 g/mol. The van der Waals surface area contributed by atoms with Crippen LogP contribution < -0.4 is 0 Å². The quantitative estimate of drug-likeness (QED) is 0.597. The van der Waals surface area contributed by atoms with E-state index in [1.54, 1.807) is 12.3 Å². The maximum absolute atomic E-state index is 13.4. The molecule has 2 aromatic carbocycles. The Hall–Kier alpha value is -2.62. The molecule has 0 amide bonds. The van der Waals surface area contributed by atoms with Gasteiger partial charge in [0.2, 0.25) is 0 Å². The molecule has 0 bridgehead atoms. The van der Waals surface area contributed by atoms with Crippen LogP contribution in [0.25, 0.3) is 22.4 Å². The van der Waals surface area contributed by atoms with Crippen LogP contribution in [0.4, 0.5) is 13.2 Å². The molecule has 4 heteroatoms. The SMILES string of the molecule is Cc1cnc(-c2cc(F)c(F)c(F)c2)cc1-c1ccccc1. The second kappa shape index (κ2) is 5.64. The van der Waals surface area contributed by atoms with Gasteiger partial charge in [-0.25, -0.2) is 13.2 Å². The van der Waals surface area contributed by atoms with Gasteiger partial charge in [-0.3, -0.25) is 4.98 Å². The summed E-state index contributed by atoms with van der Waals surface area (Å²) in [5.74, 6) is -3.92. The van der Waals surface area contributed by atoms with E-state index in [2.05, 4.69) is 4.98 Å². The number of aryl methyl sites for hydroxylation is 1. The van der Waals surface area contributed by atoms with Crippen LogP contribution in [0.1, 0.15) is 5.56 Å². The number of benzene rings is 2. The van der Waals surface area contributed by atoms with Crippen molar-refractivity contribution in [3.63, 3.8) is 0 Å². The zero-order valence-electron chi connectivity index (χ0n) is 11.8. The molecule has 0 fully saturated rings. The van der Waals surface area contributed by atoms with Gasteiger partial charge in [0, 0.05) is 11.8 Å². The lowest BCUT2D eigenvalue weighted by Gasteiger charge is -2.09. The van der Waals surface area contributed by atoms with Crippen LogP contribution >= 0.6 is 0 Å². The van der Waals surface area contributed by atoms with E-state index >= 15 is 0 Å². The number of aromatic nitrogens is 1. The van der Waals surface area contributed by atoms with Crippen LogP contribution in [-0.2, 0) is 0 Å². The fraction of sp³-hybridized carbons (Fsp3) is 0.0556. The van der Waals surface area contributed by atoms with Crippen molar-refractivity contribution in [1.82, 2.24) is 4.98 Å². The molecule has 1 nitrogen and oxygen atoms in total. The average Bonchev–Trinajstić information content (AvgIpc) is 2.53. The first-order valence-corrected chi connectivity index (χ1v) is 6.73. The number of hydrogen-bond acceptors (Lipinski definition) is 1. The van der Waals surface area contributed by atoms with E-state index in [9.17, 15) is 13.2 Å². The molecule has 0 aliphatic heterocycles. The van der Waals surface area contributed by atoms with Crippen molar-refractivity contribution in [3.05, 3.63) is 77.7 Å². The normalized spacial score (nSPS) is 10.7. The predicted molar refractivity (Wildman–Crippen MR) is 79.7 cm³/mol. The molecular weight excluding hydrogens is 287 g/mol. The lowest BCUT2D eigenvalue weighted by Crippen LogP contribution is -1.94. The van der Waals surface area contributed by atoms with Gasteiger partial charge in [-0.2, -0.15) is 0 Å². The topological polar surface area (TPSA) is 12.9 Å².